The summed E-state index contributed by atoms with van der Waals surface area (Å²) >= 11 is 26.0. The first-order valence-electron chi connectivity index (χ1n) is 11.0. The maximum absolute atomic E-state index is 13.1. The lowest BCUT2D eigenvalue weighted by Gasteiger charge is -2.54. The summed E-state index contributed by atoms with van der Waals surface area (Å²) in [5.41, 5.74) is 1.73. The average Bonchev–Trinajstić information content (AvgIpc) is 2.83. The Labute approximate surface area is 226 Å². The zero-order chi connectivity index (χ0) is 25.7. The summed E-state index contributed by atoms with van der Waals surface area (Å²) in [6.45, 7) is 0. The molecule has 1 saturated carbocycles. The lowest BCUT2D eigenvalue weighted by atomic mass is 9.47. The van der Waals surface area contributed by atoms with E-state index in [1.807, 2.05) is 0 Å². The molecule has 3 aliphatic carbocycles. The molecule has 0 radical (unpaired) electrons. The highest BCUT2D eigenvalue weighted by atomic mass is 35.5. The van der Waals surface area contributed by atoms with Crippen molar-refractivity contribution in [2.24, 2.45) is 11.8 Å². The van der Waals surface area contributed by atoms with Gasteiger partial charge in [-0.05, 0) is 59.7 Å². The third-order valence-corrected chi connectivity index (χ3v) is 8.58. The number of carbonyl (C=O) groups is 4. The SMILES string of the molecule is O=C1C=CC(=O)C(C2C(c3cccc(Cl)c3Cl)C(C3=CC(=O)C=CC3=O)C2c2cccc(Cl)c2Cl)=C1. The summed E-state index contributed by atoms with van der Waals surface area (Å²) in [6, 6.07) is 10.3. The third-order valence-electron chi connectivity index (χ3n) is 6.91. The summed E-state index contributed by atoms with van der Waals surface area (Å²) in [5, 5.41) is 1.14. The number of benzene rings is 2. The van der Waals surface area contributed by atoms with Gasteiger partial charge in [0.05, 0.1) is 20.1 Å². The number of rotatable bonds is 4. The molecule has 180 valence electrons. The molecular weight excluding hydrogens is 542 g/mol. The zero-order valence-electron chi connectivity index (χ0n) is 18.4. The van der Waals surface area contributed by atoms with E-state index in [1.165, 1.54) is 36.5 Å². The van der Waals surface area contributed by atoms with E-state index >= 15 is 0 Å². The smallest absolute Gasteiger partial charge is 0.182 e. The fraction of sp³-hybridized carbons (Fsp3) is 0.143. The first-order chi connectivity index (χ1) is 17.2. The molecule has 0 N–H and O–H groups in total. The van der Waals surface area contributed by atoms with Crippen LogP contribution >= 0.6 is 46.4 Å². The number of carbonyl (C=O) groups excluding carboxylic acids is 4. The van der Waals surface area contributed by atoms with Crippen molar-refractivity contribution < 1.29 is 19.2 Å². The molecule has 0 aromatic heterocycles. The summed E-state index contributed by atoms with van der Waals surface area (Å²) in [4.78, 5) is 50.8. The molecule has 3 aliphatic rings. The van der Waals surface area contributed by atoms with E-state index in [2.05, 4.69) is 0 Å². The van der Waals surface area contributed by atoms with Crippen molar-refractivity contribution >= 4 is 69.5 Å². The van der Waals surface area contributed by atoms with Crippen molar-refractivity contribution in [3.05, 3.63) is 115 Å². The number of halogens is 4. The standard InChI is InChI=1S/C28H16Cl4O4/c29-19-5-1-3-15(27(19)31)23-25(17-11-13(33)7-9-21(17)35)24(16-4-2-6-20(30)28(16)32)26(23)18-12-14(34)8-10-22(18)36/h1-12,23-26H. The maximum Gasteiger partial charge on any atom is 0.182 e. The van der Waals surface area contributed by atoms with E-state index in [1.54, 1.807) is 36.4 Å². The van der Waals surface area contributed by atoms with Crippen LogP contribution in [0, 0.1) is 11.8 Å². The molecule has 2 aromatic carbocycles. The summed E-state index contributed by atoms with van der Waals surface area (Å²) < 4.78 is 0. The molecule has 36 heavy (non-hydrogen) atoms. The first kappa shape index (κ1) is 24.9. The second kappa shape index (κ2) is 9.60. The van der Waals surface area contributed by atoms with Gasteiger partial charge >= 0.3 is 0 Å². The molecule has 0 aliphatic heterocycles. The van der Waals surface area contributed by atoms with E-state index in [-0.39, 0.29) is 44.3 Å². The van der Waals surface area contributed by atoms with Gasteiger partial charge in [-0.25, -0.2) is 0 Å². The lowest BCUT2D eigenvalue weighted by Crippen LogP contribution is -2.48. The lowest BCUT2D eigenvalue weighted by molar-refractivity contribution is -0.116. The minimum Gasteiger partial charge on any atom is -0.290 e. The van der Waals surface area contributed by atoms with Crippen LogP contribution in [0.1, 0.15) is 23.0 Å². The fourth-order valence-corrected chi connectivity index (χ4v) is 6.29. The van der Waals surface area contributed by atoms with Gasteiger partial charge in [-0.1, -0.05) is 70.7 Å². The van der Waals surface area contributed by atoms with Crippen molar-refractivity contribution in [3.63, 3.8) is 0 Å². The molecule has 0 atom stereocenters. The van der Waals surface area contributed by atoms with Crippen LogP contribution in [0.4, 0.5) is 0 Å². The number of ketones is 4. The van der Waals surface area contributed by atoms with Crippen LogP contribution in [0.5, 0.6) is 0 Å². The number of hydrogen-bond donors (Lipinski definition) is 0. The molecule has 8 heteroatoms. The second-order valence-corrected chi connectivity index (χ2v) is 10.4. The number of allylic oxidation sites excluding steroid dienone is 8. The molecule has 0 spiro atoms. The summed E-state index contributed by atoms with van der Waals surface area (Å²) in [5.74, 6) is -3.62. The van der Waals surface area contributed by atoms with Crippen molar-refractivity contribution in [1.29, 1.82) is 0 Å². The van der Waals surface area contributed by atoms with Crippen molar-refractivity contribution in [2.45, 2.75) is 11.8 Å². The van der Waals surface area contributed by atoms with Gasteiger partial charge in [0.1, 0.15) is 0 Å². The highest BCUT2D eigenvalue weighted by molar-refractivity contribution is 6.43. The molecule has 0 saturated heterocycles. The molecule has 2 aromatic rings. The monoisotopic (exact) mass is 556 g/mol. The van der Waals surface area contributed by atoms with Gasteiger partial charge in [-0.15, -0.1) is 0 Å². The van der Waals surface area contributed by atoms with Crippen LogP contribution < -0.4 is 0 Å². The van der Waals surface area contributed by atoms with Crippen molar-refractivity contribution in [3.8, 4) is 0 Å². The quantitative estimate of drug-likeness (QED) is 0.393. The van der Waals surface area contributed by atoms with E-state index in [4.69, 9.17) is 46.4 Å². The van der Waals surface area contributed by atoms with Crippen LogP contribution in [0.15, 0.2) is 84.0 Å². The Morgan fingerprint density at radius 2 is 0.889 bits per heavy atom. The van der Waals surface area contributed by atoms with Gasteiger partial charge in [0.15, 0.2) is 23.1 Å². The Morgan fingerprint density at radius 3 is 1.28 bits per heavy atom. The predicted octanol–water partition coefficient (Wildman–Crippen LogP) is 6.68. The van der Waals surface area contributed by atoms with Crippen LogP contribution in [0.3, 0.4) is 0 Å². The summed E-state index contributed by atoms with van der Waals surface area (Å²) in [7, 11) is 0. The zero-order valence-corrected chi connectivity index (χ0v) is 21.4. The van der Waals surface area contributed by atoms with Gasteiger partial charge < -0.3 is 0 Å². The van der Waals surface area contributed by atoms with Gasteiger partial charge in [-0.3, -0.25) is 19.2 Å². The molecule has 0 bridgehead atoms. The minimum atomic E-state index is -0.599. The first-order valence-corrected chi connectivity index (χ1v) is 12.5. The van der Waals surface area contributed by atoms with E-state index in [0.717, 1.165) is 0 Å². The Balaban J connectivity index is 1.78. The van der Waals surface area contributed by atoms with Crippen LogP contribution in [-0.2, 0) is 19.2 Å². The summed E-state index contributed by atoms with van der Waals surface area (Å²) in [6.07, 6.45) is 7.50. The highest BCUT2D eigenvalue weighted by Gasteiger charge is 2.57. The van der Waals surface area contributed by atoms with Crippen LogP contribution in [0.25, 0.3) is 0 Å². The van der Waals surface area contributed by atoms with E-state index in [0.29, 0.717) is 21.2 Å². The van der Waals surface area contributed by atoms with Crippen LogP contribution in [0.2, 0.25) is 20.1 Å². The van der Waals surface area contributed by atoms with Gasteiger partial charge in [0.2, 0.25) is 0 Å². The largest absolute Gasteiger partial charge is 0.290 e. The normalized spacial score (nSPS) is 25.6. The molecule has 0 unspecified atom stereocenters. The van der Waals surface area contributed by atoms with E-state index < -0.39 is 23.7 Å². The number of hydrogen-bond acceptors (Lipinski definition) is 4. The predicted molar refractivity (Wildman–Crippen MR) is 140 cm³/mol. The maximum atomic E-state index is 13.1. The van der Waals surface area contributed by atoms with E-state index in [9.17, 15) is 19.2 Å². The Hall–Kier alpha value is -2.76. The molecular formula is C28H16Cl4O4. The third kappa shape index (κ3) is 4.12. The average molecular weight is 558 g/mol. The van der Waals surface area contributed by atoms with Gasteiger partial charge in [-0.2, -0.15) is 0 Å². The van der Waals surface area contributed by atoms with Crippen LogP contribution in [-0.4, -0.2) is 23.1 Å². The van der Waals surface area contributed by atoms with Crippen molar-refractivity contribution in [1.82, 2.24) is 0 Å². The molecule has 5 rings (SSSR count). The molecule has 1 fully saturated rings. The fourth-order valence-electron chi connectivity index (χ4n) is 5.43. The Bertz CT molecular complexity index is 1360. The van der Waals surface area contributed by atoms with Crippen molar-refractivity contribution in [2.75, 3.05) is 0 Å². The Morgan fingerprint density at radius 1 is 0.500 bits per heavy atom. The molecule has 4 nitrogen and oxygen atoms in total. The molecule has 0 amide bonds. The molecule has 0 heterocycles. The minimum absolute atomic E-state index is 0.270. The highest BCUT2D eigenvalue weighted by Crippen LogP contribution is 2.65. The second-order valence-electron chi connectivity index (χ2n) is 8.79. The Kier molecular flexibility index (Phi) is 6.65. The van der Waals surface area contributed by atoms with Gasteiger partial charge in [0, 0.05) is 34.8 Å². The topological polar surface area (TPSA) is 68.3 Å². The van der Waals surface area contributed by atoms with Gasteiger partial charge in [0.25, 0.3) is 0 Å².